The van der Waals surface area contributed by atoms with Gasteiger partial charge in [-0.3, -0.25) is 4.79 Å². The second-order valence-electron chi connectivity index (χ2n) is 3.69. The molecular weight excluding hydrogens is 397 g/mol. The molecule has 2 rings (SSSR count). The molecule has 4 nitrogen and oxygen atoms in total. The first kappa shape index (κ1) is 14.3. The Morgan fingerprint density at radius 1 is 1.32 bits per heavy atom. The van der Waals surface area contributed by atoms with E-state index in [4.69, 9.17) is 17.3 Å². The molecule has 0 unspecified atom stereocenters. The molecule has 0 saturated carbocycles. The number of hydrogen-bond donors (Lipinski definition) is 2. The highest BCUT2D eigenvalue weighted by Crippen LogP contribution is 2.27. The number of hydrogen-bond acceptors (Lipinski definition) is 3. The minimum atomic E-state index is -0.372. The number of halogens is 3. The molecule has 0 bridgehead atoms. The van der Waals surface area contributed by atoms with Gasteiger partial charge in [-0.2, -0.15) is 0 Å². The fraction of sp³-hybridized carbons (Fsp3) is 0. The van der Waals surface area contributed by atoms with Crippen molar-refractivity contribution < 1.29 is 4.79 Å². The molecule has 1 heterocycles. The summed E-state index contributed by atoms with van der Waals surface area (Å²) in [5.74, 6) is -0.372. The van der Waals surface area contributed by atoms with Crippen LogP contribution in [-0.2, 0) is 0 Å². The fourth-order valence-corrected chi connectivity index (χ4v) is 2.30. The summed E-state index contributed by atoms with van der Waals surface area (Å²) in [6, 6.07) is 6.93. The van der Waals surface area contributed by atoms with Crippen LogP contribution < -0.4 is 11.1 Å². The van der Waals surface area contributed by atoms with Crippen LogP contribution in [0.3, 0.4) is 0 Å². The van der Waals surface area contributed by atoms with Crippen LogP contribution in [0.2, 0.25) is 5.15 Å². The quantitative estimate of drug-likeness (QED) is 0.740. The first-order valence-electron chi connectivity index (χ1n) is 5.15. The molecule has 2 aromatic rings. The van der Waals surface area contributed by atoms with E-state index in [9.17, 15) is 4.79 Å². The summed E-state index contributed by atoms with van der Waals surface area (Å²) in [6.07, 6.45) is 1.40. The number of nitrogen functional groups attached to an aromatic ring is 1. The molecule has 0 radical (unpaired) electrons. The molecule has 0 aliphatic heterocycles. The van der Waals surface area contributed by atoms with Crippen LogP contribution in [0.1, 0.15) is 10.4 Å². The molecule has 0 fully saturated rings. The molecule has 19 heavy (non-hydrogen) atoms. The van der Waals surface area contributed by atoms with E-state index < -0.39 is 0 Å². The van der Waals surface area contributed by atoms with Gasteiger partial charge in [-0.25, -0.2) is 4.98 Å². The molecule has 0 saturated heterocycles. The molecule has 3 N–H and O–H groups in total. The number of carbonyl (C=O) groups is 1. The van der Waals surface area contributed by atoms with E-state index >= 15 is 0 Å². The lowest BCUT2D eigenvalue weighted by molar-refractivity contribution is 0.102. The Labute approximate surface area is 131 Å². The number of amides is 1. The Bertz CT molecular complexity index is 649. The summed E-state index contributed by atoms with van der Waals surface area (Å²) < 4.78 is 1.61. The Morgan fingerprint density at radius 2 is 2.05 bits per heavy atom. The molecular formula is C12H8Br2ClN3O. The normalized spacial score (nSPS) is 10.3. The van der Waals surface area contributed by atoms with Crippen molar-refractivity contribution in [2.75, 3.05) is 11.1 Å². The van der Waals surface area contributed by atoms with Crippen molar-refractivity contribution in [3.8, 4) is 0 Å². The van der Waals surface area contributed by atoms with Crippen molar-refractivity contribution >= 4 is 60.7 Å². The maximum absolute atomic E-state index is 12.1. The van der Waals surface area contributed by atoms with Gasteiger partial charge in [0, 0.05) is 8.95 Å². The zero-order chi connectivity index (χ0) is 14.0. The lowest BCUT2D eigenvalue weighted by Gasteiger charge is -2.09. The SMILES string of the molecule is Nc1cnc(Cl)c(C(=O)Nc2cc(Br)ccc2Br)c1. The minimum absolute atomic E-state index is 0.109. The van der Waals surface area contributed by atoms with Crippen LogP contribution in [-0.4, -0.2) is 10.9 Å². The van der Waals surface area contributed by atoms with Crippen molar-refractivity contribution in [1.29, 1.82) is 0 Å². The van der Waals surface area contributed by atoms with Crippen LogP contribution in [0.25, 0.3) is 0 Å². The van der Waals surface area contributed by atoms with Gasteiger partial charge >= 0.3 is 0 Å². The summed E-state index contributed by atoms with van der Waals surface area (Å²) >= 11 is 12.6. The Kier molecular flexibility index (Phi) is 4.44. The molecule has 0 atom stereocenters. The molecule has 0 aliphatic rings. The monoisotopic (exact) mass is 403 g/mol. The number of anilines is 2. The van der Waals surface area contributed by atoms with Gasteiger partial charge in [-0.15, -0.1) is 0 Å². The summed E-state index contributed by atoms with van der Waals surface area (Å²) in [5, 5.41) is 2.85. The van der Waals surface area contributed by atoms with Gasteiger partial charge in [0.25, 0.3) is 5.91 Å². The zero-order valence-corrected chi connectivity index (χ0v) is 13.4. The number of nitrogens with zero attached hydrogens (tertiary/aromatic N) is 1. The van der Waals surface area contributed by atoms with Gasteiger partial charge < -0.3 is 11.1 Å². The van der Waals surface area contributed by atoms with Crippen molar-refractivity contribution in [3.63, 3.8) is 0 Å². The zero-order valence-electron chi connectivity index (χ0n) is 9.45. The topological polar surface area (TPSA) is 68.0 Å². The van der Waals surface area contributed by atoms with Crippen LogP contribution in [0, 0.1) is 0 Å². The number of benzene rings is 1. The predicted octanol–water partition coefficient (Wildman–Crippen LogP) is 4.09. The average Bonchev–Trinajstić information content (AvgIpc) is 2.36. The third-order valence-corrected chi connectivity index (χ3v) is 3.77. The number of aromatic nitrogens is 1. The number of carbonyl (C=O) groups excluding carboxylic acids is 1. The second kappa shape index (κ2) is 5.90. The highest BCUT2D eigenvalue weighted by atomic mass is 79.9. The molecule has 0 aliphatic carbocycles. The largest absolute Gasteiger partial charge is 0.397 e. The smallest absolute Gasteiger partial charge is 0.258 e. The lowest BCUT2D eigenvalue weighted by atomic mass is 10.2. The van der Waals surface area contributed by atoms with E-state index in [-0.39, 0.29) is 16.6 Å². The molecule has 1 aromatic carbocycles. The lowest BCUT2D eigenvalue weighted by Crippen LogP contribution is -2.14. The van der Waals surface area contributed by atoms with E-state index in [0.29, 0.717) is 11.4 Å². The number of pyridine rings is 1. The third kappa shape index (κ3) is 3.46. The summed E-state index contributed by atoms with van der Waals surface area (Å²) in [7, 11) is 0. The van der Waals surface area contributed by atoms with Gasteiger partial charge in [0.2, 0.25) is 0 Å². The third-order valence-electron chi connectivity index (χ3n) is 2.28. The molecule has 0 spiro atoms. The number of nitrogens with one attached hydrogen (secondary N) is 1. The van der Waals surface area contributed by atoms with Crippen molar-refractivity contribution in [2.45, 2.75) is 0 Å². The van der Waals surface area contributed by atoms with Crippen molar-refractivity contribution in [1.82, 2.24) is 4.98 Å². The highest BCUT2D eigenvalue weighted by molar-refractivity contribution is 9.11. The van der Waals surface area contributed by atoms with Gasteiger partial charge in [0.05, 0.1) is 23.1 Å². The van der Waals surface area contributed by atoms with Gasteiger partial charge in [0.1, 0.15) is 5.15 Å². The number of rotatable bonds is 2. The standard InChI is InChI=1S/C12H8Br2ClN3O/c13-6-1-2-9(14)10(3-6)18-12(19)8-4-7(16)5-17-11(8)15/h1-5H,16H2,(H,18,19). The predicted molar refractivity (Wildman–Crippen MR) is 83.5 cm³/mol. The van der Waals surface area contributed by atoms with E-state index in [0.717, 1.165) is 8.95 Å². The first-order valence-corrected chi connectivity index (χ1v) is 7.11. The van der Waals surface area contributed by atoms with Crippen molar-refractivity contribution in [2.24, 2.45) is 0 Å². The van der Waals surface area contributed by atoms with E-state index in [1.54, 1.807) is 6.07 Å². The van der Waals surface area contributed by atoms with E-state index in [2.05, 4.69) is 42.2 Å². The van der Waals surface area contributed by atoms with Crippen LogP contribution in [0.15, 0.2) is 39.4 Å². The summed E-state index contributed by atoms with van der Waals surface area (Å²) in [5.41, 5.74) is 6.83. The summed E-state index contributed by atoms with van der Waals surface area (Å²) in [6.45, 7) is 0. The maximum Gasteiger partial charge on any atom is 0.258 e. The van der Waals surface area contributed by atoms with Gasteiger partial charge in [0.15, 0.2) is 0 Å². The first-order chi connectivity index (χ1) is 8.97. The van der Waals surface area contributed by atoms with Crippen LogP contribution >= 0.6 is 43.5 Å². The van der Waals surface area contributed by atoms with Crippen LogP contribution in [0.5, 0.6) is 0 Å². The Morgan fingerprint density at radius 3 is 2.79 bits per heavy atom. The maximum atomic E-state index is 12.1. The number of nitrogens with two attached hydrogens (primary N) is 1. The van der Waals surface area contributed by atoms with Gasteiger partial charge in [-0.05, 0) is 40.2 Å². The molecule has 1 aromatic heterocycles. The second-order valence-corrected chi connectivity index (χ2v) is 5.81. The van der Waals surface area contributed by atoms with E-state index in [1.807, 2.05) is 12.1 Å². The molecule has 98 valence electrons. The van der Waals surface area contributed by atoms with E-state index in [1.165, 1.54) is 12.3 Å². The highest BCUT2D eigenvalue weighted by Gasteiger charge is 2.13. The van der Waals surface area contributed by atoms with Gasteiger partial charge in [-0.1, -0.05) is 27.5 Å². The Hall–Kier alpha value is -1.11. The minimum Gasteiger partial charge on any atom is -0.397 e. The van der Waals surface area contributed by atoms with Crippen molar-refractivity contribution in [3.05, 3.63) is 50.1 Å². The average molecular weight is 405 g/mol. The fourth-order valence-electron chi connectivity index (χ4n) is 1.41. The molecule has 1 amide bonds. The Balaban J connectivity index is 2.30. The summed E-state index contributed by atoms with van der Waals surface area (Å²) in [4.78, 5) is 16.0. The van der Waals surface area contributed by atoms with Crippen LogP contribution in [0.4, 0.5) is 11.4 Å². The molecule has 7 heteroatoms.